The third-order valence-electron chi connectivity index (χ3n) is 5.92. The summed E-state index contributed by atoms with van der Waals surface area (Å²) >= 11 is 0. The Morgan fingerprint density at radius 1 is 0.700 bits per heavy atom. The van der Waals surface area contributed by atoms with Crippen LogP contribution < -0.4 is 11.1 Å². The quantitative estimate of drug-likeness (QED) is 0.128. The molecule has 8 atom stereocenters. The van der Waals surface area contributed by atoms with Crippen molar-refractivity contribution in [3.63, 3.8) is 0 Å². The third-order valence-corrected chi connectivity index (χ3v) is 5.92. The highest BCUT2D eigenvalue weighted by Crippen LogP contribution is 2.33. The smallest absolute Gasteiger partial charge is 0.111 e. The molecule has 1 rings (SSSR count). The molecule has 0 saturated heterocycles. The van der Waals surface area contributed by atoms with Gasteiger partial charge in [0.15, 0.2) is 0 Å². The highest BCUT2D eigenvalue weighted by Gasteiger charge is 2.41. The SMILES string of the molecule is NC1CCC(C[C@H](O)[C@@H](O)[C@H](O)[C@H](O)CO)(NC[C@H](O)[C@@H](O)[C@H](O)[C@H](O)CO)CC1. The van der Waals surface area contributed by atoms with Crippen LogP contribution >= 0.6 is 0 Å². The van der Waals surface area contributed by atoms with Gasteiger partial charge in [0.1, 0.15) is 36.6 Å². The van der Waals surface area contributed by atoms with Crippen molar-refractivity contribution in [1.82, 2.24) is 5.32 Å². The highest BCUT2D eigenvalue weighted by atomic mass is 16.4. The Balaban J connectivity index is 2.81. The van der Waals surface area contributed by atoms with E-state index in [0.717, 1.165) is 0 Å². The van der Waals surface area contributed by atoms with Gasteiger partial charge < -0.3 is 62.1 Å². The minimum atomic E-state index is -1.77. The van der Waals surface area contributed by atoms with Crippen molar-refractivity contribution in [3.8, 4) is 0 Å². The maximum Gasteiger partial charge on any atom is 0.111 e. The van der Waals surface area contributed by atoms with E-state index < -0.39 is 67.6 Å². The van der Waals surface area contributed by atoms with Gasteiger partial charge in [0.05, 0.1) is 25.4 Å². The van der Waals surface area contributed by atoms with E-state index in [2.05, 4.69) is 5.32 Å². The van der Waals surface area contributed by atoms with Gasteiger partial charge in [-0.25, -0.2) is 0 Å². The summed E-state index contributed by atoms with van der Waals surface area (Å²) < 4.78 is 0. The van der Waals surface area contributed by atoms with Crippen LogP contribution in [0.15, 0.2) is 0 Å². The Morgan fingerprint density at radius 2 is 1.10 bits per heavy atom. The summed E-state index contributed by atoms with van der Waals surface area (Å²) in [6, 6.07) is -0.0687. The zero-order valence-corrected chi connectivity index (χ0v) is 16.9. The molecule has 0 unspecified atom stereocenters. The fraction of sp³-hybridized carbons (Fsp3) is 1.00. The lowest BCUT2D eigenvalue weighted by Crippen LogP contribution is -2.58. The first-order valence-corrected chi connectivity index (χ1v) is 10.1. The second kappa shape index (κ2) is 12.5. The van der Waals surface area contributed by atoms with Gasteiger partial charge in [0, 0.05) is 18.1 Å². The summed E-state index contributed by atoms with van der Waals surface area (Å²) in [6.45, 7) is -1.84. The fourth-order valence-electron chi connectivity index (χ4n) is 3.74. The van der Waals surface area contributed by atoms with Crippen LogP contribution in [0, 0.1) is 0 Å². The van der Waals surface area contributed by atoms with E-state index in [1.54, 1.807) is 0 Å². The number of nitrogens with two attached hydrogens (primary N) is 1. The van der Waals surface area contributed by atoms with Gasteiger partial charge in [-0.1, -0.05) is 0 Å². The average Bonchev–Trinajstić information content (AvgIpc) is 2.75. The fourth-order valence-corrected chi connectivity index (χ4v) is 3.74. The van der Waals surface area contributed by atoms with Crippen LogP contribution in [0.4, 0.5) is 0 Å². The van der Waals surface area contributed by atoms with Crippen LogP contribution in [0.25, 0.3) is 0 Å². The van der Waals surface area contributed by atoms with Crippen LogP contribution in [0.1, 0.15) is 32.1 Å². The normalized spacial score (nSPS) is 30.7. The second-order valence-corrected chi connectivity index (χ2v) is 8.30. The minimum Gasteiger partial charge on any atom is -0.394 e. The molecule has 0 bridgehead atoms. The van der Waals surface area contributed by atoms with Gasteiger partial charge >= 0.3 is 0 Å². The molecule has 12 heteroatoms. The molecule has 0 radical (unpaired) electrons. The standard InChI is InChI=1S/C18H38N2O10/c19-9-1-3-18(4-2-9,5-10(23)14(27)16(29)12(25)7-21)20-6-11(24)15(28)17(30)13(26)8-22/h9-17,20-30H,1-8,19H2/t9?,10-,11-,12+,13+,14+,15+,16+,17+,18?/m0/s1. The second-order valence-electron chi connectivity index (χ2n) is 8.30. The summed E-state index contributed by atoms with van der Waals surface area (Å²) in [5, 5.41) is 99.9. The van der Waals surface area contributed by atoms with Gasteiger partial charge in [-0.2, -0.15) is 0 Å². The number of β-amino-alcohol motifs (C(OH)–C–C–N with tert-alkyl or cyclic N) is 1. The zero-order chi connectivity index (χ0) is 23.1. The largest absolute Gasteiger partial charge is 0.394 e. The van der Waals surface area contributed by atoms with E-state index in [1.165, 1.54) is 0 Å². The summed E-state index contributed by atoms with van der Waals surface area (Å²) in [5.41, 5.74) is 5.10. The first-order valence-electron chi connectivity index (χ1n) is 10.1. The molecule has 1 fully saturated rings. The van der Waals surface area contributed by atoms with Crippen molar-refractivity contribution >= 4 is 0 Å². The first kappa shape index (κ1) is 27.6. The molecule has 0 aromatic rings. The molecule has 1 aliphatic rings. The number of hydrogen-bond donors (Lipinski definition) is 12. The number of rotatable bonds is 13. The lowest BCUT2D eigenvalue weighted by molar-refractivity contribution is -0.124. The Labute approximate surface area is 175 Å². The van der Waals surface area contributed by atoms with Gasteiger partial charge in [0.2, 0.25) is 0 Å². The Bertz CT molecular complexity index is 480. The van der Waals surface area contributed by atoms with Crippen molar-refractivity contribution in [2.75, 3.05) is 19.8 Å². The maximum atomic E-state index is 10.4. The van der Waals surface area contributed by atoms with Gasteiger partial charge in [-0.15, -0.1) is 0 Å². The van der Waals surface area contributed by atoms with Gasteiger partial charge in [-0.3, -0.25) is 0 Å². The van der Waals surface area contributed by atoms with Crippen LogP contribution in [0.3, 0.4) is 0 Å². The van der Waals surface area contributed by atoms with Gasteiger partial charge in [-0.05, 0) is 32.1 Å². The molecule has 0 amide bonds. The predicted octanol–water partition coefficient (Wildman–Crippen LogP) is -5.52. The van der Waals surface area contributed by atoms with E-state index in [-0.39, 0.29) is 19.0 Å². The van der Waals surface area contributed by atoms with E-state index in [4.69, 9.17) is 15.9 Å². The third kappa shape index (κ3) is 7.58. The van der Waals surface area contributed by atoms with Crippen LogP contribution in [-0.2, 0) is 0 Å². The van der Waals surface area contributed by atoms with Crippen molar-refractivity contribution in [3.05, 3.63) is 0 Å². The van der Waals surface area contributed by atoms with Crippen molar-refractivity contribution in [2.24, 2.45) is 5.73 Å². The molecule has 30 heavy (non-hydrogen) atoms. The molecule has 0 aromatic carbocycles. The molecule has 180 valence electrons. The van der Waals surface area contributed by atoms with E-state index in [0.29, 0.717) is 25.7 Å². The molecule has 0 spiro atoms. The average molecular weight is 443 g/mol. The Hall–Kier alpha value is -0.480. The van der Waals surface area contributed by atoms with Crippen LogP contribution in [0.5, 0.6) is 0 Å². The van der Waals surface area contributed by atoms with Crippen LogP contribution in [-0.4, -0.2) is 131 Å². The summed E-state index contributed by atoms with van der Waals surface area (Å²) in [5.74, 6) is 0. The first-order chi connectivity index (χ1) is 14.0. The highest BCUT2D eigenvalue weighted by molar-refractivity contribution is 4.98. The minimum absolute atomic E-state index is 0.0687. The number of hydrogen-bond acceptors (Lipinski definition) is 12. The van der Waals surface area contributed by atoms with E-state index in [9.17, 15) is 40.9 Å². The molecule has 0 heterocycles. The molecule has 0 aromatic heterocycles. The van der Waals surface area contributed by atoms with Crippen LogP contribution in [0.2, 0.25) is 0 Å². The monoisotopic (exact) mass is 442 g/mol. The molecule has 13 N–H and O–H groups in total. The molecular formula is C18H38N2O10. The molecule has 1 saturated carbocycles. The lowest BCUT2D eigenvalue weighted by Gasteiger charge is -2.43. The summed E-state index contributed by atoms with van der Waals surface area (Å²) in [4.78, 5) is 0. The van der Waals surface area contributed by atoms with E-state index >= 15 is 0 Å². The van der Waals surface area contributed by atoms with Crippen molar-refractivity contribution < 1.29 is 51.1 Å². The topological polar surface area (TPSA) is 240 Å². The summed E-state index contributed by atoms with van der Waals surface area (Å²) in [6.07, 6.45) is -11.3. The number of aliphatic hydroxyl groups excluding tert-OH is 10. The Morgan fingerprint density at radius 3 is 1.53 bits per heavy atom. The van der Waals surface area contributed by atoms with Crippen molar-refractivity contribution in [1.29, 1.82) is 0 Å². The Kier molecular flexibility index (Phi) is 11.5. The number of nitrogens with one attached hydrogen (secondary N) is 1. The maximum absolute atomic E-state index is 10.4. The predicted molar refractivity (Wildman–Crippen MR) is 104 cm³/mol. The molecule has 0 aliphatic heterocycles. The zero-order valence-electron chi connectivity index (χ0n) is 16.9. The van der Waals surface area contributed by atoms with Crippen molar-refractivity contribution in [2.45, 2.75) is 92.5 Å². The summed E-state index contributed by atoms with van der Waals surface area (Å²) in [7, 11) is 0. The molecular weight excluding hydrogens is 404 g/mol. The lowest BCUT2D eigenvalue weighted by atomic mass is 9.75. The van der Waals surface area contributed by atoms with E-state index in [1.807, 2.05) is 0 Å². The number of aliphatic hydroxyl groups is 10. The van der Waals surface area contributed by atoms with Gasteiger partial charge in [0.25, 0.3) is 0 Å². The molecule has 1 aliphatic carbocycles. The molecule has 12 nitrogen and oxygen atoms in total.